The van der Waals surface area contributed by atoms with Crippen LogP contribution < -0.4 is 20.2 Å². The summed E-state index contributed by atoms with van der Waals surface area (Å²) >= 11 is 0. The molecule has 0 bridgehead atoms. The van der Waals surface area contributed by atoms with E-state index in [9.17, 15) is 4.79 Å². The van der Waals surface area contributed by atoms with E-state index in [4.69, 9.17) is 9.47 Å². The van der Waals surface area contributed by atoms with Crippen LogP contribution >= 0.6 is 0 Å². The summed E-state index contributed by atoms with van der Waals surface area (Å²) in [7, 11) is 1.59. The number of benzene rings is 3. The first-order chi connectivity index (χ1) is 13.7. The minimum Gasteiger partial charge on any atom is -0.493 e. The highest BCUT2D eigenvalue weighted by atomic mass is 16.5. The van der Waals surface area contributed by atoms with Crippen LogP contribution in [-0.4, -0.2) is 32.4 Å². The van der Waals surface area contributed by atoms with Gasteiger partial charge in [-0.15, -0.1) is 0 Å². The third-order valence-corrected chi connectivity index (χ3v) is 4.12. The van der Waals surface area contributed by atoms with Gasteiger partial charge in [-0.1, -0.05) is 36.4 Å². The largest absolute Gasteiger partial charge is 0.493 e. The second-order valence-electron chi connectivity index (χ2n) is 6.02. The fraction of sp³-hybridized carbons (Fsp3) is 0.182. The number of ether oxygens (including phenoxy) is 2. The highest BCUT2D eigenvalue weighted by Crippen LogP contribution is 2.27. The summed E-state index contributed by atoms with van der Waals surface area (Å²) in [5.41, 5.74) is 4.23. The van der Waals surface area contributed by atoms with E-state index >= 15 is 0 Å². The van der Waals surface area contributed by atoms with Gasteiger partial charge in [0.2, 0.25) is 0 Å². The van der Waals surface area contributed by atoms with Crippen molar-refractivity contribution in [3.63, 3.8) is 0 Å². The Morgan fingerprint density at radius 3 is 2.71 bits per heavy atom. The number of carbonyl (C=O) groups is 1. The van der Waals surface area contributed by atoms with Gasteiger partial charge in [0.1, 0.15) is 0 Å². The molecule has 0 aliphatic rings. The smallest absolute Gasteiger partial charge is 0.259 e. The zero-order chi connectivity index (χ0) is 19.8. The monoisotopic (exact) mass is 377 g/mol. The van der Waals surface area contributed by atoms with E-state index in [1.807, 2.05) is 61.5 Å². The third kappa shape index (κ3) is 4.79. The Kier molecular flexibility index (Phi) is 6.46. The number of fused-ring (bicyclic) bond motifs is 1. The third-order valence-electron chi connectivity index (χ3n) is 4.12. The molecule has 0 aliphatic heterocycles. The van der Waals surface area contributed by atoms with E-state index in [2.05, 4.69) is 15.8 Å². The first-order valence-electron chi connectivity index (χ1n) is 9.05. The highest BCUT2D eigenvalue weighted by Gasteiger charge is 2.05. The number of hydrogen-bond donors (Lipinski definition) is 2. The van der Waals surface area contributed by atoms with Gasteiger partial charge in [0, 0.05) is 11.1 Å². The number of rotatable bonds is 8. The molecule has 144 valence electrons. The van der Waals surface area contributed by atoms with Crippen LogP contribution in [0.15, 0.2) is 65.8 Å². The molecule has 0 unspecified atom stereocenters. The lowest BCUT2D eigenvalue weighted by atomic mass is 10.1. The predicted octanol–water partition coefficient (Wildman–Crippen LogP) is 3.81. The molecular weight excluding hydrogens is 354 g/mol. The first-order valence-corrected chi connectivity index (χ1v) is 9.05. The van der Waals surface area contributed by atoms with E-state index in [0.29, 0.717) is 18.1 Å². The molecule has 0 spiro atoms. The summed E-state index contributed by atoms with van der Waals surface area (Å²) < 4.78 is 10.8. The van der Waals surface area contributed by atoms with Crippen LogP contribution in [0.4, 0.5) is 5.69 Å². The summed E-state index contributed by atoms with van der Waals surface area (Å²) in [4.78, 5) is 12.1. The Bertz CT molecular complexity index is 980. The molecule has 0 aromatic heterocycles. The molecule has 28 heavy (non-hydrogen) atoms. The van der Waals surface area contributed by atoms with Crippen LogP contribution in [0.1, 0.15) is 12.5 Å². The molecular formula is C22H23N3O3. The summed E-state index contributed by atoms with van der Waals surface area (Å²) in [6, 6.07) is 19.4. The molecule has 1 amide bonds. The molecule has 0 fully saturated rings. The van der Waals surface area contributed by atoms with Gasteiger partial charge >= 0.3 is 0 Å². The highest BCUT2D eigenvalue weighted by molar-refractivity contribution is 5.95. The Balaban J connectivity index is 1.57. The van der Waals surface area contributed by atoms with Crippen LogP contribution in [0.3, 0.4) is 0 Å². The van der Waals surface area contributed by atoms with E-state index in [1.54, 1.807) is 19.4 Å². The summed E-state index contributed by atoms with van der Waals surface area (Å²) in [6.45, 7) is 2.56. The Hall–Kier alpha value is -3.54. The molecule has 3 rings (SSSR count). The molecule has 0 atom stereocenters. The van der Waals surface area contributed by atoms with Crippen molar-refractivity contribution in [1.29, 1.82) is 0 Å². The predicted molar refractivity (Wildman–Crippen MR) is 112 cm³/mol. The second-order valence-corrected chi connectivity index (χ2v) is 6.02. The topological polar surface area (TPSA) is 72.0 Å². The molecule has 6 heteroatoms. The average Bonchev–Trinajstić information content (AvgIpc) is 2.72. The minimum absolute atomic E-state index is 0.123. The maximum Gasteiger partial charge on any atom is 0.259 e. The molecule has 3 aromatic rings. The maximum absolute atomic E-state index is 12.1. The van der Waals surface area contributed by atoms with Crippen LogP contribution in [0.25, 0.3) is 10.8 Å². The zero-order valence-electron chi connectivity index (χ0n) is 15.9. The van der Waals surface area contributed by atoms with E-state index in [-0.39, 0.29) is 12.5 Å². The van der Waals surface area contributed by atoms with Crippen molar-refractivity contribution in [3.05, 3.63) is 66.2 Å². The van der Waals surface area contributed by atoms with E-state index < -0.39 is 0 Å². The number of carbonyl (C=O) groups excluding carboxylic acids is 1. The summed E-state index contributed by atoms with van der Waals surface area (Å²) in [5, 5.41) is 9.36. The van der Waals surface area contributed by atoms with Crippen molar-refractivity contribution in [2.75, 3.05) is 25.6 Å². The Morgan fingerprint density at radius 1 is 1.07 bits per heavy atom. The van der Waals surface area contributed by atoms with Crippen molar-refractivity contribution < 1.29 is 14.3 Å². The van der Waals surface area contributed by atoms with Gasteiger partial charge in [-0.05, 0) is 42.1 Å². The lowest BCUT2D eigenvalue weighted by Crippen LogP contribution is -2.25. The summed E-state index contributed by atoms with van der Waals surface area (Å²) in [6.07, 6.45) is 1.57. The zero-order valence-corrected chi connectivity index (χ0v) is 15.9. The second kappa shape index (κ2) is 9.41. The lowest BCUT2D eigenvalue weighted by molar-refractivity contribution is -0.119. The van der Waals surface area contributed by atoms with Crippen LogP contribution in [0.2, 0.25) is 0 Å². The van der Waals surface area contributed by atoms with Gasteiger partial charge in [-0.3, -0.25) is 4.79 Å². The Morgan fingerprint density at radius 2 is 1.89 bits per heavy atom. The number of hydrogen-bond acceptors (Lipinski definition) is 5. The standard InChI is InChI=1S/C22H23N3O3/c1-3-28-21-13-16(11-12-20(21)27-2)14-24-25-22(26)15-23-19-10-6-8-17-7-4-5-9-18(17)19/h4-14,23H,3,15H2,1-2H3,(H,25,26)/b24-14-. The van der Waals surface area contributed by atoms with Gasteiger partial charge in [-0.25, -0.2) is 5.43 Å². The number of nitrogens with one attached hydrogen (secondary N) is 2. The van der Waals surface area contributed by atoms with E-state index in [0.717, 1.165) is 22.0 Å². The fourth-order valence-corrected chi connectivity index (χ4v) is 2.82. The lowest BCUT2D eigenvalue weighted by Gasteiger charge is -2.10. The van der Waals surface area contributed by atoms with Crippen LogP contribution in [0.5, 0.6) is 11.5 Å². The van der Waals surface area contributed by atoms with Crippen molar-refractivity contribution in [2.45, 2.75) is 6.92 Å². The van der Waals surface area contributed by atoms with E-state index in [1.165, 1.54) is 0 Å². The Labute approximate surface area is 164 Å². The molecule has 0 aliphatic carbocycles. The molecule has 0 saturated heterocycles. The molecule has 3 aromatic carbocycles. The van der Waals surface area contributed by atoms with Gasteiger partial charge in [0.15, 0.2) is 11.5 Å². The van der Waals surface area contributed by atoms with Gasteiger partial charge in [0.25, 0.3) is 5.91 Å². The van der Waals surface area contributed by atoms with Gasteiger partial charge in [0.05, 0.1) is 26.5 Å². The van der Waals surface area contributed by atoms with Gasteiger partial charge < -0.3 is 14.8 Å². The summed E-state index contributed by atoms with van der Waals surface area (Å²) in [5.74, 6) is 1.06. The fourth-order valence-electron chi connectivity index (χ4n) is 2.82. The first kappa shape index (κ1) is 19.2. The average molecular weight is 377 g/mol. The van der Waals surface area contributed by atoms with Crippen molar-refractivity contribution >= 4 is 28.6 Å². The van der Waals surface area contributed by atoms with Crippen molar-refractivity contribution in [2.24, 2.45) is 5.10 Å². The molecule has 2 N–H and O–H groups in total. The van der Waals surface area contributed by atoms with Gasteiger partial charge in [-0.2, -0.15) is 5.10 Å². The van der Waals surface area contributed by atoms with Crippen LogP contribution in [-0.2, 0) is 4.79 Å². The normalized spacial score (nSPS) is 10.8. The van der Waals surface area contributed by atoms with Crippen molar-refractivity contribution in [1.82, 2.24) is 5.43 Å². The number of nitrogens with zero attached hydrogens (tertiary/aromatic N) is 1. The number of hydrazone groups is 1. The molecule has 0 radical (unpaired) electrons. The quantitative estimate of drug-likeness (QED) is 0.463. The number of methoxy groups -OCH3 is 1. The maximum atomic E-state index is 12.1. The molecule has 0 heterocycles. The van der Waals surface area contributed by atoms with Crippen LogP contribution in [0, 0.1) is 0 Å². The number of amides is 1. The minimum atomic E-state index is -0.234. The SMILES string of the molecule is CCOc1cc(/C=N\NC(=O)CNc2cccc3ccccc23)ccc1OC. The number of anilines is 1. The van der Waals surface area contributed by atoms with Crippen molar-refractivity contribution in [3.8, 4) is 11.5 Å². The molecule has 6 nitrogen and oxygen atoms in total. The molecule has 0 saturated carbocycles.